The molecular weight excluding hydrogens is 320 g/mol. The van der Waals surface area contributed by atoms with Gasteiger partial charge in [-0.1, -0.05) is 24.3 Å². The van der Waals surface area contributed by atoms with Gasteiger partial charge in [-0.2, -0.15) is 0 Å². The fourth-order valence-corrected chi connectivity index (χ4v) is 2.48. The van der Waals surface area contributed by atoms with Crippen LogP contribution < -0.4 is 24.8 Å². The molecule has 0 saturated carbocycles. The molecule has 2 amide bonds. The Morgan fingerprint density at radius 1 is 1.20 bits per heavy atom. The molecule has 1 heterocycles. The molecule has 1 unspecified atom stereocenters. The van der Waals surface area contributed by atoms with Crippen molar-refractivity contribution in [2.24, 2.45) is 0 Å². The third kappa shape index (κ3) is 4.56. The number of ether oxygens (including phenoxy) is 3. The lowest BCUT2D eigenvalue weighted by atomic mass is 10.2. The van der Waals surface area contributed by atoms with Crippen LogP contribution in [-0.2, 0) is 6.54 Å². The molecule has 1 aliphatic heterocycles. The Labute approximate surface area is 147 Å². The highest BCUT2D eigenvalue weighted by molar-refractivity contribution is 5.74. The number of rotatable bonds is 6. The van der Waals surface area contributed by atoms with Crippen LogP contribution in [0.1, 0.15) is 18.1 Å². The van der Waals surface area contributed by atoms with Crippen LogP contribution in [0.5, 0.6) is 17.2 Å². The predicted octanol–water partition coefficient (Wildman–Crippen LogP) is 2.99. The molecule has 0 bridgehead atoms. The van der Waals surface area contributed by atoms with Crippen molar-refractivity contribution in [3.8, 4) is 17.2 Å². The summed E-state index contributed by atoms with van der Waals surface area (Å²) in [6.45, 7) is 4.95. The van der Waals surface area contributed by atoms with Crippen LogP contribution in [0.25, 0.3) is 0 Å². The number of carbonyl (C=O) groups excluding carboxylic acids is 1. The summed E-state index contributed by atoms with van der Waals surface area (Å²) in [5.41, 5.74) is 2.02. The summed E-state index contributed by atoms with van der Waals surface area (Å²) in [7, 11) is 0. The monoisotopic (exact) mass is 342 g/mol. The van der Waals surface area contributed by atoms with Gasteiger partial charge < -0.3 is 24.8 Å². The van der Waals surface area contributed by atoms with Gasteiger partial charge in [-0.05, 0) is 43.2 Å². The first-order valence-electron chi connectivity index (χ1n) is 8.23. The second kappa shape index (κ2) is 7.79. The van der Waals surface area contributed by atoms with Gasteiger partial charge in [-0.15, -0.1) is 0 Å². The third-order valence-electron chi connectivity index (χ3n) is 3.85. The zero-order valence-electron chi connectivity index (χ0n) is 14.4. The topological polar surface area (TPSA) is 68.8 Å². The van der Waals surface area contributed by atoms with Gasteiger partial charge in [0.2, 0.25) is 6.79 Å². The SMILES string of the molecule is Cc1ccccc1OCC(C)NC(=O)NCc1ccc2c(c1)OCO2. The molecule has 6 nitrogen and oxygen atoms in total. The van der Waals surface area contributed by atoms with E-state index in [2.05, 4.69) is 10.6 Å². The van der Waals surface area contributed by atoms with Gasteiger partial charge in [-0.25, -0.2) is 4.79 Å². The molecule has 3 rings (SSSR count). The summed E-state index contributed by atoms with van der Waals surface area (Å²) in [5, 5.41) is 5.69. The zero-order valence-corrected chi connectivity index (χ0v) is 14.4. The van der Waals surface area contributed by atoms with E-state index in [1.807, 2.05) is 56.3 Å². The van der Waals surface area contributed by atoms with Gasteiger partial charge in [0.05, 0.1) is 6.04 Å². The minimum Gasteiger partial charge on any atom is -0.491 e. The second-order valence-electron chi connectivity index (χ2n) is 5.99. The van der Waals surface area contributed by atoms with Crippen LogP contribution in [0, 0.1) is 6.92 Å². The van der Waals surface area contributed by atoms with E-state index in [-0.39, 0.29) is 18.9 Å². The van der Waals surface area contributed by atoms with E-state index in [0.29, 0.717) is 18.9 Å². The molecule has 132 valence electrons. The van der Waals surface area contributed by atoms with Gasteiger partial charge in [0.1, 0.15) is 12.4 Å². The molecule has 0 aliphatic carbocycles. The lowest BCUT2D eigenvalue weighted by Gasteiger charge is -2.16. The van der Waals surface area contributed by atoms with E-state index >= 15 is 0 Å². The minimum absolute atomic E-state index is 0.114. The van der Waals surface area contributed by atoms with E-state index in [1.54, 1.807) is 0 Å². The smallest absolute Gasteiger partial charge is 0.315 e. The summed E-state index contributed by atoms with van der Waals surface area (Å²) in [6, 6.07) is 13.1. The van der Waals surface area contributed by atoms with Crippen molar-refractivity contribution in [2.45, 2.75) is 26.4 Å². The summed E-state index contributed by atoms with van der Waals surface area (Å²) >= 11 is 0. The Kier molecular flexibility index (Phi) is 5.28. The molecule has 1 aliphatic rings. The average molecular weight is 342 g/mol. The van der Waals surface area contributed by atoms with Crippen LogP contribution >= 0.6 is 0 Å². The highest BCUT2D eigenvalue weighted by Gasteiger charge is 2.14. The maximum Gasteiger partial charge on any atom is 0.315 e. The molecule has 0 radical (unpaired) electrons. The fraction of sp³-hybridized carbons (Fsp3) is 0.316. The van der Waals surface area contributed by atoms with Crippen LogP contribution in [0.3, 0.4) is 0 Å². The molecule has 0 spiro atoms. The van der Waals surface area contributed by atoms with Crippen LogP contribution in [0.4, 0.5) is 4.79 Å². The van der Waals surface area contributed by atoms with Gasteiger partial charge in [0.15, 0.2) is 11.5 Å². The van der Waals surface area contributed by atoms with Gasteiger partial charge in [0, 0.05) is 6.54 Å². The number of carbonyl (C=O) groups is 1. The molecule has 0 saturated heterocycles. The maximum absolute atomic E-state index is 12.0. The van der Waals surface area contributed by atoms with Crippen molar-refractivity contribution in [3.63, 3.8) is 0 Å². The van der Waals surface area contributed by atoms with Crippen molar-refractivity contribution in [3.05, 3.63) is 53.6 Å². The highest BCUT2D eigenvalue weighted by atomic mass is 16.7. The Hall–Kier alpha value is -2.89. The lowest BCUT2D eigenvalue weighted by Crippen LogP contribution is -2.43. The number of hydrogen-bond donors (Lipinski definition) is 2. The van der Waals surface area contributed by atoms with E-state index in [9.17, 15) is 4.79 Å². The summed E-state index contributed by atoms with van der Waals surface area (Å²) < 4.78 is 16.3. The number of nitrogens with one attached hydrogen (secondary N) is 2. The minimum atomic E-state index is -0.237. The predicted molar refractivity (Wildman–Crippen MR) is 94.1 cm³/mol. The van der Waals surface area contributed by atoms with E-state index < -0.39 is 0 Å². The number of amides is 2. The molecule has 1 atom stereocenters. The summed E-state index contributed by atoms with van der Waals surface area (Å²) in [5.74, 6) is 2.27. The van der Waals surface area contributed by atoms with Crippen LogP contribution in [0.15, 0.2) is 42.5 Å². The Balaban J connectivity index is 1.42. The molecule has 2 N–H and O–H groups in total. The number of benzene rings is 2. The first kappa shape index (κ1) is 17.0. The van der Waals surface area contributed by atoms with Gasteiger partial charge in [0.25, 0.3) is 0 Å². The Bertz CT molecular complexity index is 748. The standard InChI is InChI=1S/C19H22N2O4/c1-13-5-3-4-6-16(13)23-11-14(2)21-19(22)20-10-15-7-8-17-18(9-15)25-12-24-17/h3-9,14H,10-12H2,1-2H3,(H2,20,21,22). The molecule has 0 fully saturated rings. The second-order valence-corrected chi connectivity index (χ2v) is 5.99. The lowest BCUT2D eigenvalue weighted by molar-refractivity contribution is 0.174. The molecule has 2 aromatic carbocycles. The van der Waals surface area contributed by atoms with Crippen LogP contribution in [-0.4, -0.2) is 25.5 Å². The fourth-order valence-electron chi connectivity index (χ4n) is 2.48. The van der Waals surface area contributed by atoms with E-state index in [4.69, 9.17) is 14.2 Å². The first-order valence-corrected chi connectivity index (χ1v) is 8.23. The van der Waals surface area contributed by atoms with Crippen molar-refractivity contribution in [1.82, 2.24) is 10.6 Å². The van der Waals surface area contributed by atoms with Crippen molar-refractivity contribution in [2.75, 3.05) is 13.4 Å². The highest BCUT2D eigenvalue weighted by Crippen LogP contribution is 2.32. The Morgan fingerprint density at radius 3 is 2.84 bits per heavy atom. The largest absolute Gasteiger partial charge is 0.491 e. The summed E-state index contributed by atoms with van der Waals surface area (Å²) in [6.07, 6.45) is 0. The summed E-state index contributed by atoms with van der Waals surface area (Å²) in [4.78, 5) is 12.0. The average Bonchev–Trinajstić information content (AvgIpc) is 3.07. The maximum atomic E-state index is 12.0. The molecule has 0 aromatic heterocycles. The quantitative estimate of drug-likeness (QED) is 0.847. The number of hydrogen-bond acceptors (Lipinski definition) is 4. The van der Waals surface area contributed by atoms with E-state index in [1.165, 1.54) is 0 Å². The zero-order chi connectivity index (χ0) is 17.6. The normalized spacial score (nSPS) is 13.2. The molecule has 6 heteroatoms. The third-order valence-corrected chi connectivity index (χ3v) is 3.85. The molecule has 2 aromatic rings. The van der Waals surface area contributed by atoms with Crippen molar-refractivity contribution in [1.29, 1.82) is 0 Å². The Morgan fingerprint density at radius 2 is 2.00 bits per heavy atom. The first-order chi connectivity index (χ1) is 12.1. The van der Waals surface area contributed by atoms with Gasteiger partial charge >= 0.3 is 6.03 Å². The molecule has 25 heavy (non-hydrogen) atoms. The number of aryl methyl sites for hydroxylation is 1. The number of fused-ring (bicyclic) bond motifs is 1. The van der Waals surface area contributed by atoms with E-state index in [0.717, 1.165) is 22.6 Å². The number of urea groups is 1. The van der Waals surface area contributed by atoms with Crippen LogP contribution in [0.2, 0.25) is 0 Å². The van der Waals surface area contributed by atoms with Crippen molar-refractivity contribution >= 4 is 6.03 Å². The molecular formula is C19H22N2O4. The van der Waals surface area contributed by atoms with Gasteiger partial charge in [-0.3, -0.25) is 0 Å². The number of para-hydroxylation sites is 1. The van der Waals surface area contributed by atoms with Crippen molar-refractivity contribution < 1.29 is 19.0 Å².